The summed E-state index contributed by atoms with van der Waals surface area (Å²) in [6, 6.07) is 33.8. The number of nitrogens with zero attached hydrogens (tertiary/aromatic N) is 9. The second-order valence-corrected chi connectivity index (χ2v) is 41.6. The molecular weight excluding hydrogens is 2010 g/mol. The van der Waals surface area contributed by atoms with Crippen molar-refractivity contribution < 1.29 is 190 Å². The molecule has 4 aliphatic heterocycles. The van der Waals surface area contributed by atoms with Crippen LogP contribution in [0.1, 0.15) is 64.0 Å². The molecule has 4 aromatic carbocycles. The van der Waals surface area contributed by atoms with E-state index in [0.717, 1.165) is 119 Å². The summed E-state index contributed by atoms with van der Waals surface area (Å²) < 4.78 is 150. The molecular formula is C71H92N10O48P8. The monoisotopic (exact) mass is 2100 g/mol. The summed E-state index contributed by atoms with van der Waals surface area (Å²) in [4.78, 5) is 208. The normalized spacial score (nSPS) is 24.7. The lowest BCUT2D eigenvalue weighted by molar-refractivity contribution is -0.0548. The van der Waals surface area contributed by atoms with Gasteiger partial charge in [0.15, 0.2) is 24.9 Å². The zero-order valence-corrected chi connectivity index (χ0v) is 78.0. The molecule has 137 heavy (non-hydrogen) atoms. The van der Waals surface area contributed by atoms with E-state index in [2.05, 4.69) is 45.5 Å². The molecule has 5 aromatic heterocycles. The van der Waals surface area contributed by atoms with Gasteiger partial charge in [-0.05, 0) is 68.4 Å². The SMILES string of the molecule is Cc1ccc(CCn2c(=O)ccn([C@@H]3O[C@H](COP(=O)(O)OP(=O)(O)O)C(O)[C@@H]3O)c2=O)cc1.Cc1cccc(CCn2c(=O)ccn([C@@H]3O[C@H](COP(=O)(O)OP(=O)(O)O)C(O)[C@@H]3O)c2=O)c1.Cc1ccccc1CCn1c(=O)ccn([C@@H]2O[C@H](COP(=O)(O)OP(=O)(O)O)C(O)[C@@H]2O)c1=O.O=c1ccn([C@@H]2O[C@H](COP(=O)(O)OP(=O)(O)O)C(O)[C@@H]2O)c(=O)n1Cc1[nH]nc2ccccc12. The fourth-order valence-electron chi connectivity index (χ4n) is 13.9. The summed E-state index contributed by atoms with van der Waals surface area (Å²) in [6.07, 6.45) is -20.2. The van der Waals surface area contributed by atoms with Crippen LogP contribution in [0, 0.1) is 20.8 Å². The van der Waals surface area contributed by atoms with E-state index in [1.165, 1.54) is 0 Å². The van der Waals surface area contributed by atoms with Crippen molar-refractivity contribution in [2.45, 2.75) is 164 Å². The van der Waals surface area contributed by atoms with Gasteiger partial charge >= 0.3 is 85.3 Å². The Bertz CT molecular complexity index is 6720. The highest BCUT2D eigenvalue weighted by Crippen LogP contribution is 2.61. The summed E-state index contributed by atoms with van der Waals surface area (Å²) in [6.45, 7) is 1.97. The predicted octanol–water partition coefficient (Wildman–Crippen LogP) is -3.00. The molecule has 66 heteroatoms. The minimum atomic E-state index is -5.37. The van der Waals surface area contributed by atoms with E-state index in [1.54, 1.807) is 24.3 Å². The van der Waals surface area contributed by atoms with Gasteiger partial charge < -0.3 is 119 Å². The zero-order valence-electron chi connectivity index (χ0n) is 70.9. The van der Waals surface area contributed by atoms with Gasteiger partial charge in [0.05, 0.1) is 44.2 Å². The number of phosphoric acid groups is 8. The highest BCUT2D eigenvalue weighted by molar-refractivity contribution is 7.62. The number of rotatable bonds is 35. The number of aromatic amines is 1. The van der Waals surface area contributed by atoms with Crippen LogP contribution in [-0.4, -0.2) is 246 Å². The van der Waals surface area contributed by atoms with Crippen molar-refractivity contribution in [2.24, 2.45) is 0 Å². The third-order valence-electron chi connectivity index (χ3n) is 20.4. The van der Waals surface area contributed by atoms with E-state index >= 15 is 0 Å². The van der Waals surface area contributed by atoms with Crippen LogP contribution in [0.5, 0.6) is 0 Å². The maximum atomic E-state index is 13.1. The third-order valence-corrected chi connectivity index (χ3v) is 29.1. The van der Waals surface area contributed by atoms with Crippen LogP contribution in [0.3, 0.4) is 0 Å². The van der Waals surface area contributed by atoms with Gasteiger partial charge in [-0.1, -0.05) is 102 Å². The number of benzene rings is 4. The second-order valence-electron chi connectivity index (χ2n) is 30.3. The molecule has 13 rings (SSSR count). The van der Waals surface area contributed by atoms with Gasteiger partial charge in [-0.15, -0.1) is 0 Å². The lowest BCUT2D eigenvalue weighted by atomic mass is 10.1. The average Bonchev–Trinajstić information content (AvgIpc) is 1.68. The standard InChI is InChI=1S/3C18H24N2O12P2.C17H20N4O12P2/c1-11-2-4-12(5-3-11)6-8-19-14(21)7-9-20(18(19)24)17-16(23)15(22)13(31-17)10-30-34(28,29)32-33(25,26)27;1-11-3-2-4-12(9-11)5-7-19-14(21)6-8-20(18(19)24)17-16(23)15(22)13(31-17)10-30-34(28,29)32-33(25,26)27;1-11-4-2-3-5-12(11)6-8-19-14(21)7-9-20(18(19)24)17-16(23)15(22)13(31-17)10-30-34(28,29)32-33(25,26)27;22-13-5-6-20(17(25)21(13)7-11-9-3-1-2-4-10(9)18-19-11)16-15(24)14(23)12(32-16)8-31-35(29,30)33-34(26,27)28/h2-5,7,9,13,15-17,22-23H,6,8,10H2,1H3,(H,28,29)(H2,25,26,27);2-4,6,8-9,13,15-17,22-23H,5,7,10H2,1H3,(H,28,29)(H2,25,26,27);2-5,7,9,13,15-17,22-23H,6,8,10H2,1H3,(H,28,29)(H2,25,26,27);1-6,12,14-16,23-24H,7-8H2,(H,18,19)(H,29,30)(H2,26,27,28)/t3*13-,15?,16+,17-;12-,14?,15+,16-/m1111/s1. The lowest BCUT2D eigenvalue weighted by Gasteiger charge is -2.19. The lowest BCUT2D eigenvalue weighted by Crippen LogP contribution is -2.43. The van der Waals surface area contributed by atoms with Crippen molar-refractivity contribution in [3.63, 3.8) is 0 Å². The topological polar surface area (TPSA) is 857 Å². The van der Waals surface area contributed by atoms with E-state index in [4.69, 9.17) is 58.1 Å². The van der Waals surface area contributed by atoms with Gasteiger partial charge in [0, 0.05) is 74.1 Å². The zero-order chi connectivity index (χ0) is 101. The fourth-order valence-corrected chi connectivity index (χ4v) is 20.3. The number of nitrogens with one attached hydrogen (secondary N) is 1. The van der Waals surface area contributed by atoms with Crippen molar-refractivity contribution in [3.05, 3.63) is 269 Å². The average molecular weight is 2100 g/mol. The minimum absolute atomic E-state index is 0.0346. The molecule has 21 N–H and O–H groups in total. The predicted molar refractivity (Wildman–Crippen MR) is 459 cm³/mol. The van der Waals surface area contributed by atoms with Crippen LogP contribution < -0.4 is 45.0 Å². The van der Waals surface area contributed by atoms with Crippen LogP contribution in [0.2, 0.25) is 0 Å². The third kappa shape index (κ3) is 30.3. The maximum absolute atomic E-state index is 13.1. The fraction of sp³-hybridized carbons (Fsp3) is 0.423. The highest BCUT2D eigenvalue weighted by Gasteiger charge is 2.51. The molecule has 0 spiro atoms. The van der Waals surface area contributed by atoms with Crippen molar-refractivity contribution in [3.8, 4) is 0 Å². The Labute approximate surface area is 766 Å². The van der Waals surface area contributed by atoms with Crippen molar-refractivity contribution in [2.75, 3.05) is 26.4 Å². The Kier molecular flexibility index (Phi) is 36.9. The molecule has 0 radical (unpaired) electrons. The molecule has 4 fully saturated rings. The number of hydrogen-bond donors (Lipinski definition) is 21. The van der Waals surface area contributed by atoms with E-state index in [0.29, 0.717) is 35.9 Å². The number of aryl methyl sites for hydroxylation is 6. The molecule has 0 aliphatic carbocycles. The largest absolute Gasteiger partial charge is 0.481 e. The quantitative estimate of drug-likeness (QED) is 0.0176. The van der Waals surface area contributed by atoms with Crippen LogP contribution in [0.4, 0.5) is 0 Å². The molecule has 58 nitrogen and oxygen atoms in total. The number of aliphatic hydroxyl groups is 8. The summed E-state index contributed by atoms with van der Waals surface area (Å²) in [5.41, 5.74) is 1.08. The highest BCUT2D eigenvalue weighted by atomic mass is 31.3. The molecule has 4 aliphatic rings. The Morgan fingerprint density at radius 3 is 1.00 bits per heavy atom. The Morgan fingerprint density at radius 2 is 0.657 bits per heavy atom. The second kappa shape index (κ2) is 45.7. The number of fused-ring (bicyclic) bond motifs is 1. The Balaban J connectivity index is 0.000000189. The molecule has 20 atom stereocenters. The molecule has 0 saturated carbocycles. The maximum Gasteiger partial charge on any atom is 0.481 e. The van der Waals surface area contributed by atoms with E-state index in [-0.39, 0.29) is 26.2 Å². The summed E-state index contributed by atoms with van der Waals surface area (Å²) >= 11 is 0. The van der Waals surface area contributed by atoms with Crippen LogP contribution >= 0.6 is 62.6 Å². The number of H-pyrrole nitrogens is 1. The number of phosphoric ester groups is 4. The van der Waals surface area contributed by atoms with Crippen LogP contribution in [-0.2, 0) is 136 Å². The van der Waals surface area contributed by atoms with E-state index in [9.17, 15) is 135 Å². The summed E-state index contributed by atoms with van der Waals surface area (Å²) in [5, 5.41) is 89.9. The van der Waals surface area contributed by atoms with Crippen molar-refractivity contribution in [1.82, 2.24) is 46.7 Å². The Hall–Kier alpha value is -8.37. The van der Waals surface area contributed by atoms with E-state index in [1.807, 2.05) is 93.6 Å². The van der Waals surface area contributed by atoms with Crippen molar-refractivity contribution in [1.29, 1.82) is 0 Å². The molecule has 4 saturated heterocycles. The number of ether oxygens (including phenoxy) is 4. The molecule has 9 heterocycles. The first-order chi connectivity index (χ1) is 63.7. The minimum Gasteiger partial charge on any atom is -0.387 e. The number of para-hydroxylation sites is 1. The van der Waals surface area contributed by atoms with Crippen LogP contribution in [0.25, 0.3) is 10.9 Å². The number of hydrogen-bond acceptors (Lipinski definition) is 37. The molecule has 0 amide bonds. The van der Waals surface area contributed by atoms with Gasteiger partial charge in [0.2, 0.25) is 0 Å². The molecule has 0 bridgehead atoms. The Morgan fingerprint density at radius 1 is 0.343 bits per heavy atom. The van der Waals surface area contributed by atoms with Gasteiger partial charge in [0.1, 0.15) is 73.2 Å². The smallest absolute Gasteiger partial charge is 0.387 e. The van der Waals surface area contributed by atoms with Gasteiger partial charge in [-0.25, -0.2) is 55.7 Å². The summed E-state index contributed by atoms with van der Waals surface area (Å²) in [5.74, 6) is 0. The van der Waals surface area contributed by atoms with Crippen molar-refractivity contribution >= 4 is 73.5 Å². The number of aromatic nitrogens is 10. The van der Waals surface area contributed by atoms with E-state index < -0.39 is 232 Å². The van der Waals surface area contributed by atoms with Gasteiger partial charge in [-0.2, -0.15) is 22.3 Å². The van der Waals surface area contributed by atoms with Crippen LogP contribution in [0.15, 0.2) is 184 Å². The molecule has 8 unspecified atom stereocenters. The summed E-state index contributed by atoms with van der Waals surface area (Å²) in [7, 11) is -42.3. The first-order valence-electron chi connectivity index (χ1n) is 39.6. The first kappa shape index (κ1) is 111. The number of aliphatic hydroxyl groups excluding tert-OH is 8. The first-order valence-corrected chi connectivity index (χ1v) is 51.7. The van der Waals surface area contributed by atoms with Gasteiger partial charge in [-0.3, -0.25) is 78.9 Å². The molecule has 9 aromatic rings. The molecule has 754 valence electrons. The van der Waals surface area contributed by atoms with Gasteiger partial charge in [0.25, 0.3) is 22.2 Å².